The molecule has 1 aromatic heterocycles. The summed E-state index contributed by atoms with van der Waals surface area (Å²) in [7, 11) is 0. The third kappa shape index (κ3) is 4.15. The van der Waals surface area contributed by atoms with Crippen LogP contribution >= 0.6 is 0 Å². The zero-order valence-electron chi connectivity index (χ0n) is 15.5. The number of H-pyrrole nitrogens is 1. The largest absolute Gasteiger partial charge is 0.487 e. The number of amides is 1. The van der Waals surface area contributed by atoms with E-state index in [2.05, 4.69) is 10.2 Å². The lowest BCUT2D eigenvalue weighted by Gasteiger charge is -2.32. The number of nitrogens with one attached hydrogen (secondary N) is 1. The molecule has 27 heavy (non-hydrogen) atoms. The number of piperidine rings is 1. The van der Waals surface area contributed by atoms with E-state index in [0.29, 0.717) is 31.7 Å². The number of rotatable bonds is 5. The highest BCUT2D eigenvalue weighted by Crippen LogP contribution is 2.24. The second kappa shape index (κ2) is 8.11. The van der Waals surface area contributed by atoms with E-state index in [-0.39, 0.29) is 17.8 Å². The molecule has 2 heterocycles. The highest BCUT2D eigenvalue weighted by molar-refractivity contribution is 5.76. The van der Waals surface area contributed by atoms with Crippen LogP contribution in [0.3, 0.4) is 0 Å². The first-order chi connectivity index (χ1) is 13.2. The summed E-state index contributed by atoms with van der Waals surface area (Å²) in [6.45, 7) is 1.33. The zero-order chi connectivity index (χ0) is 18.6. The van der Waals surface area contributed by atoms with E-state index < -0.39 is 0 Å². The molecule has 5 nitrogen and oxygen atoms in total. The number of para-hydroxylation sites is 1. The molecule has 0 bridgehead atoms. The number of nitrogens with zero attached hydrogens (tertiary/aromatic N) is 2. The van der Waals surface area contributed by atoms with Gasteiger partial charge in [0, 0.05) is 44.5 Å². The number of aryl methyl sites for hydroxylation is 2. The van der Waals surface area contributed by atoms with E-state index in [9.17, 15) is 9.18 Å². The molecule has 0 atom stereocenters. The van der Waals surface area contributed by atoms with Gasteiger partial charge in [0.1, 0.15) is 6.10 Å². The highest BCUT2D eigenvalue weighted by atomic mass is 19.1. The molecule has 6 heteroatoms. The molecule has 2 aliphatic rings. The van der Waals surface area contributed by atoms with Gasteiger partial charge in [0.25, 0.3) is 0 Å². The molecule has 1 N–H and O–H groups in total. The van der Waals surface area contributed by atoms with Crippen molar-refractivity contribution in [3.63, 3.8) is 0 Å². The molecule has 1 fully saturated rings. The van der Waals surface area contributed by atoms with Gasteiger partial charge in [-0.15, -0.1) is 0 Å². The summed E-state index contributed by atoms with van der Waals surface area (Å²) in [6, 6.07) is 6.48. The number of ether oxygens (including phenoxy) is 1. The van der Waals surface area contributed by atoms with Crippen LogP contribution in [0.25, 0.3) is 0 Å². The summed E-state index contributed by atoms with van der Waals surface area (Å²) in [6.07, 6.45) is 7.21. The summed E-state index contributed by atoms with van der Waals surface area (Å²) < 4.78 is 19.5. The van der Waals surface area contributed by atoms with Crippen molar-refractivity contribution in [3.8, 4) is 5.75 Å². The van der Waals surface area contributed by atoms with Crippen LogP contribution in [-0.2, 0) is 24.1 Å². The smallest absolute Gasteiger partial charge is 0.222 e. The summed E-state index contributed by atoms with van der Waals surface area (Å²) in [5.74, 6) is 0.135. The average Bonchev–Trinajstić information content (AvgIpc) is 3.12. The standard InChI is InChI=1S/C21H26FN3O2/c22-17-6-2-4-8-20(17)27-15-11-13-25(14-12-15)21(26)10-9-19-16-5-1-3-7-18(16)23-24-19/h2,4,6,8,15H,1,3,5,7,9-14H2,(H,23,24). The van der Waals surface area contributed by atoms with Gasteiger partial charge in [-0.05, 0) is 43.4 Å². The second-order valence-electron chi connectivity index (χ2n) is 7.46. The third-order valence-corrected chi connectivity index (χ3v) is 5.64. The third-order valence-electron chi connectivity index (χ3n) is 5.64. The van der Waals surface area contributed by atoms with Gasteiger partial charge in [-0.25, -0.2) is 4.39 Å². The Balaban J connectivity index is 1.25. The monoisotopic (exact) mass is 371 g/mol. The number of fused-ring (bicyclic) bond motifs is 1. The van der Waals surface area contributed by atoms with Crippen LogP contribution in [0.4, 0.5) is 4.39 Å². The quantitative estimate of drug-likeness (QED) is 0.876. The summed E-state index contributed by atoms with van der Waals surface area (Å²) >= 11 is 0. The minimum atomic E-state index is -0.335. The Morgan fingerprint density at radius 1 is 1.22 bits per heavy atom. The molecule has 1 aliphatic carbocycles. The van der Waals surface area contributed by atoms with Crippen molar-refractivity contribution >= 4 is 5.91 Å². The van der Waals surface area contributed by atoms with E-state index in [1.807, 2.05) is 4.90 Å². The number of hydrogen-bond donors (Lipinski definition) is 1. The Morgan fingerprint density at radius 2 is 2.00 bits per heavy atom. The second-order valence-corrected chi connectivity index (χ2v) is 7.46. The Hall–Kier alpha value is -2.37. The van der Waals surface area contributed by atoms with E-state index in [4.69, 9.17) is 4.74 Å². The number of carbonyl (C=O) groups is 1. The van der Waals surface area contributed by atoms with Gasteiger partial charge in [-0.2, -0.15) is 5.10 Å². The van der Waals surface area contributed by atoms with Crippen molar-refractivity contribution in [3.05, 3.63) is 47.0 Å². The number of hydrogen-bond acceptors (Lipinski definition) is 3. The minimum absolute atomic E-state index is 0.0377. The van der Waals surface area contributed by atoms with Gasteiger partial charge in [0.05, 0.1) is 5.69 Å². The molecule has 1 saturated heterocycles. The van der Waals surface area contributed by atoms with Gasteiger partial charge in [-0.1, -0.05) is 12.1 Å². The Morgan fingerprint density at radius 3 is 2.81 bits per heavy atom. The van der Waals surface area contributed by atoms with Crippen LogP contribution in [0.15, 0.2) is 24.3 Å². The molecule has 0 unspecified atom stereocenters. The molecule has 144 valence electrons. The normalized spacial score (nSPS) is 17.6. The predicted molar refractivity (Wildman–Crippen MR) is 100 cm³/mol. The SMILES string of the molecule is O=C(CCc1n[nH]c2c1CCCC2)N1CCC(Oc2ccccc2F)CC1. The van der Waals surface area contributed by atoms with E-state index in [1.165, 1.54) is 30.2 Å². The lowest BCUT2D eigenvalue weighted by atomic mass is 9.94. The number of aromatic nitrogens is 2. The highest BCUT2D eigenvalue weighted by Gasteiger charge is 2.25. The first-order valence-corrected chi connectivity index (χ1v) is 9.94. The molecule has 4 rings (SSSR count). The van der Waals surface area contributed by atoms with Crippen LogP contribution in [0, 0.1) is 5.82 Å². The maximum absolute atomic E-state index is 13.7. The lowest BCUT2D eigenvalue weighted by molar-refractivity contribution is -0.133. The average molecular weight is 371 g/mol. The van der Waals surface area contributed by atoms with Gasteiger partial charge < -0.3 is 9.64 Å². The number of halogens is 1. The van der Waals surface area contributed by atoms with E-state index >= 15 is 0 Å². The molecular formula is C21H26FN3O2. The maximum atomic E-state index is 13.7. The topological polar surface area (TPSA) is 58.2 Å². The lowest BCUT2D eigenvalue weighted by Crippen LogP contribution is -2.42. The first-order valence-electron chi connectivity index (χ1n) is 9.94. The summed E-state index contributed by atoms with van der Waals surface area (Å²) in [4.78, 5) is 14.5. The Kier molecular flexibility index (Phi) is 5.41. The molecule has 0 saturated carbocycles. The fourth-order valence-corrected chi connectivity index (χ4v) is 4.08. The maximum Gasteiger partial charge on any atom is 0.222 e. The van der Waals surface area contributed by atoms with Crippen molar-refractivity contribution in [2.75, 3.05) is 13.1 Å². The molecular weight excluding hydrogens is 345 g/mol. The zero-order valence-corrected chi connectivity index (χ0v) is 15.5. The number of likely N-dealkylation sites (tertiary alicyclic amines) is 1. The fraction of sp³-hybridized carbons (Fsp3) is 0.524. The number of benzene rings is 1. The van der Waals surface area contributed by atoms with Crippen LogP contribution in [0.1, 0.15) is 49.1 Å². The Bertz CT molecular complexity index is 796. The minimum Gasteiger partial charge on any atom is -0.487 e. The van der Waals surface area contributed by atoms with Crippen molar-refractivity contribution in [2.24, 2.45) is 0 Å². The van der Waals surface area contributed by atoms with Gasteiger partial charge in [0.2, 0.25) is 5.91 Å². The molecule has 0 spiro atoms. The fourth-order valence-electron chi connectivity index (χ4n) is 4.08. The van der Waals surface area contributed by atoms with Crippen molar-refractivity contribution in [1.82, 2.24) is 15.1 Å². The van der Waals surface area contributed by atoms with E-state index in [1.54, 1.807) is 18.2 Å². The molecule has 1 aliphatic heterocycles. The van der Waals surface area contributed by atoms with Crippen LogP contribution in [0.2, 0.25) is 0 Å². The van der Waals surface area contributed by atoms with Crippen LogP contribution < -0.4 is 4.74 Å². The van der Waals surface area contributed by atoms with Crippen molar-refractivity contribution in [1.29, 1.82) is 0 Å². The van der Waals surface area contributed by atoms with Crippen LogP contribution in [-0.4, -0.2) is 40.2 Å². The van der Waals surface area contributed by atoms with Crippen molar-refractivity contribution in [2.45, 2.75) is 57.5 Å². The summed E-state index contributed by atoms with van der Waals surface area (Å²) in [5.41, 5.74) is 3.66. The molecule has 1 amide bonds. The van der Waals surface area contributed by atoms with Crippen molar-refractivity contribution < 1.29 is 13.9 Å². The first kappa shape index (κ1) is 18.0. The number of aromatic amines is 1. The Labute approximate surface area is 158 Å². The molecule has 2 aromatic rings. The van der Waals surface area contributed by atoms with Gasteiger partial charge in [-0.3, -0.25) is 9.89 Å². The van der Waals surface area contributed by atoms with Crippen LogP contribution in [0.5, 0.6) is 5.75 Å². The number of carbonyl (C=O) groups excluding carboxylic acids is 1. The molecule has 0 radical (unpaired) electrons. The van der Waals surface area contributed by atoms with E-state index in [0.717, 1.165) is 31.4 Å². The van der Waals surface area contributed by atoms with Gasteiger partial charge >= 0.3 is 0 Å². The molecule has 1 aromatic carbocycles. The summed E-state index contributed by atoms with van der Waals surface area (Å²) in [5, 5.41) is 7.57. The predicted octanol–water partition coefficient (Wildman–Crippen LogP) is 3.43. The van der Waals surface area contributed by atoms with Gasteiger partial charge in [0.15, 0.2) is 11.6 Å².